The minimum atomic E-state index is -4.74. The Morgan fingerprint density at radius 1 is 1.21 bits per heavy atom. The number of nitrogens with two attached hydrogens (primary N) is 1. The highest BCUT2D eigenvalue weighted by Gasteiger charge is 2.31. The standard InChI is InChI=1S/C12H8ClF3N2O/c13-10-6-18-5-9(11(10)17)7-2-1-3-8(4-7)19-12(14,15)16/h1-6H,(H2,17,18). The molecule has 0 unspecified atom stereocenters. The van der Waals surface area contributed by atoms with Crippen LogP contribution < -0.4 is 10.5 Å². The van der Waals surface area contributed by atoms with Gasteiger partial charge >= 0.3 is 6.36 Å². The summed E-state index contributed by atoms with van der Waals surface area (Å²) >= 11 is 5.81. The predicted octanol–water partition coefficient (Wildman–Crippen LogP) is 3.88. The third kappa shape index (κ3) is 3.29. The Balaban J connectivity index is 2.41. The molecule has 0 fully saturated rings. The van der Waals surface area contributed by atoms with Gasteiger partial charge in [0.2, 0.25) is 0 Å². The van der Waals surface area contributed by atoms with Crippen LogP contribution in [0.25, 0.3) is 11.1 Å². The molecule has 0 atom stereocenters. The summed E-state index contributed by atoms with van der Waals surface area (Å²) in [4.78, 5) is 3.85. The first-order valence-corrected chi connectivity index (χ1v) is 5.50. The van der Waals surface area contributed by atoms with E-state index in [4.69, 9.17) is 17.3 Å². The van der Waals surface area contributed by atoms with Crippen molar-refractivity contribution in [2.75, 3.05) is 5.73 Å². The lowest BCUT2D eigenvalue weighted by molar-refractivity contribution is -0.274. The zero-order valence-electron chi connectivity index (χ0n) is 9.41. The number of nitrogens with zero attached hydrogens (tertiary/aromatic N) is 1. The van der Waals surface area contributed by atoms with Gasteiger partial charge in [-0.2, -0.15) is 0 Å². The van der Waals surface area contributed by atoms with Crippen LogP contribution in [-0.4, -0.2) is 11.3 Å². The van der Waals surface area contributed by atoms with Crippen molar-refractivity contribution in [2.45, 2.75) is 6.36 Å². The van der Waals surface area contributed by atoms with E-state index in [0.717, 1.165) is 0 Å². The number of aromatic nitrogens is 1. The van der Waals surface area contributed by atoms with E-state index in [1.165, 1.54) is 30.6 Å². The summed E-state index contributed by atoms with van der Waals surface area (Å²) in [5.41, 5.74) is 6.89. The number of rotatable bonds is 2. The molecule has 0 aliphatic heterocycles. The van der Waals surface area contributed by atoms with Gasteiger partial charge in [0.25, 0.3) is 0 Å². The van der Waals surface area contributed by atoms with Crippen molar-refractivity contribution in [3.63, 3.8) is 0 Å². The predicted molar refractivity (Wildman–Crippen MR) is 65.8 cm³/mol. The van der Waals surface area contributed by atoms with Crippen LogP contribution in [0.5, 0.6) is 5.75 Å². The summed E-state index contributed by atoms with van der Waals surface area (Å²) < 4.78 is 40.3. The fourth-order valence-corrected chi connectivity index (χ4v) is 1.69. The monoisotopic (exact) mass is 288 g/mol. The number of benzene rings is 1. The molecule has 0 spiro atoms. The van der Waals surface area contributed by atoms with Crippen molar-refractivity contribution in [2.24, 2.45) is 0 Å². The average molecular weight is 289 g/mol. The van der Waals surface area contributed by atoms with Crippen LogP contribution in [0.1, 0.15) is 0 Å². The first-order valence-electron chi connectivity index (χ1n) is 5.12. The zero-order valence-corrected chi connectivity index (χ0v) is 10.2. The molecule has 100 valence electrons. The van der Waals surface area contributed by atoms with Gasteiger partial charge in [-0.25, -0.2) is 0 Å². The SMILES string of the molecule is Nc1c(Cl)cncc1-c1cccc(OC(F)(F)F)c1. The van der Waals surface area contributed by atoms with Crippen LogP contribution in [0.3, 0.4) is 0 Å². The quantitative estimate of drug-likeness (QED) is 0.912. The number of hydrogen-bond donors (Lipinski definition) is 1. The summed E-state index contributed by atoms with van der Waals surface area (Å²) in [7, 11) is 0. The van der Waals surface area contributed by atoms with Crippen LogP contribution in [0.15, 0.2) is 36.7 Å². The van der Waals surface area contributed by atoms with Gasteiger partial charge < -0.3 is 10.5 Å². The summed E-state index contributed by atoms with van der Waals surface area (Å²) in [6.45, 7) is 0. The first kappa shape index (κ1) is 13.5. The molecule has 0 radical (unpaired) electrons. The highest BCUT2D eigenvalue weighted by molar-refractivity contribution is 6.33. The lowest BCUT2D eigenvalue weighted by Gasteiger charge is -2.11. The van der Waals surface area contributed by atoms with E-state index >= 15 is 0 Å². The van der Waals surface area contributed by atoms with Crippen LogP contribution >= 0.6 is 11.6 Å². The highest BCUT2D eigenvalue weighted by Crippen LogP contribution is 2.33. The number of anilines is 1. The molecule has 1 heterocycles. The summed E-state index contributed by atoms with van der Waals surface area (Å²) in [6.07, 6.45) is -1.96. The van der Waals surface area contributed by atoms with Crippen LogP contribution in [0, 0.1) is 0 Å². The lowest BCUT2D eigenvalue weighted by atomic mass is 10.1. The second-order valence-electron chi connectivity index (χ2n) is 3.66. The van der Waals surface area contributed by atoms with E-state index in [9.17, 15) is 13.2 Å². The van der Waals surface area contributed by atoms with Crippen molar-refractivity contribution in [1.29, 1.82) is 0 Å². The van der Waals surface area contributed by atoms with Crippen molar-refractivity contribution >= 4 is 17.3 Å². The number of halogens is 4. The van der Waals surface area contributed by atoms with Crippen LogP contribution in [0.4, 0.5) is 18.9 Å². The molecule has 0 saturated carbocycles. The number of alkyl halides is 3. The van der Waals surface area contributed by atoms with Gasteiger partial charge in [0.05, 0.1) is 10.7 Å². The Kier molecular flexibility index (Phi) is 3.53. The molecule has 0 saturated heterocycles. The van der Waals surface area contributed by atoms with E-state index in [2.05, 4.69) is 9.72 Å². The molecule has 0 aliphatic rings. The van der Waals surface area contributed by atoms with Gasteiger partial charge in [-0.15, -0.1) is 13.2 Å². The maximum absolute atomic E-state index is 12.1. The summed E-state index contributed by atoms with van der Waals surface area (Å²) in [5, 5.41) is 0.236. The smallest absolute Gasteiger partial charge is 0.406 e. The Labute approximate surface area is 111 Å². The minimum Gasteiger partial charge on any atom is -0.406 e. The number of ether oxygens (including phenoxy) is 1. The van der Waals surface area contributed by atoms with E-state index in [1.54, 1.807) is 6.07 Å². The molecule has 1 aromatic carbocycles. The Morgan fingerprint density at radius 2 is 1.95 bits per heavy atom. The topological polar surface area (TPSA) is 48.1 Å². The van der Waals surface area contributed by atoms with Gasteiger partial charge in [0.15, 0.2) is 0 Å². The summed E-state index contributed by atoms with van der Waals surface area (Å²) in [6, 6.07) is 5.44. The first-order chi connectivity index (χ1) is 8.87. The fourth-order valence-electron chi connectivity index (χ4n) is 1.54. The average Bonchev–Trinajstić information content (AvgIpc) is 2.31. The van der Waals surface area contributed by atoms with Crippen molar-refractivity contribution in [3.05, 3.63) is 41.7 Å². The van der Waals surface area contributed by atoms with Crippen molar-refractivity contribution < 1.29 is 17.9 Å². The van der Waals surface area contributed by atoms with Gasteiger partial charge in [0.1, 0.15) is 5.75 Å². The molecule has 0 amide bonds. The molecule has 2 aromatic rings. The molecular weight excluding hydrogens is 281 g/mol. The lowest BCUT2D eigenvalue weighted by Crippen LogP contribution is -2.17. The molecular formula is C12H8ClF3N2O. The Morgan fingerprint density at radius 3 is 2.63 bits per heavy atom. The maximum Gasteiger partial charge on any atom is 0.573 e. The molecule has 1 aromatic heterocycles. The highest BCUT2D eigenvalue weighted by atomic mass is 35.5. The molecule has 19 heavy (non-hydrogen) atoms. The van der Waals surface area contributed by atoms with Crippen LogP contribution in [-0.2, 0) is 0 Å². The maximum atomic E-state index is 12.1. The number of hydrogen-bond acceptors (Lipinski definition) is 3. The van der Waals surface area contributed by atoms with E-state index < -0.39 is 6.36 Å². The second-order valence-corrected chi connectivity index (χ2v) is 4.07. The van der Waals surface area contributed by atoms with E-state index in [-0.39, 0.29) is 16.5 Å². The Hall–Kier alpha value is -1.95. The van der Waals surface area contributed by atoms with E-state index in [1.807, 2.05) is 0 Å². The van der Waals surface area contributed by atoms with Gasteiger partial charge in [-0.3, -0.25) is 4.98 Å². The van der Waals surface area contributed by atoms with Gasteiger partial charge in [0, 0.05) is 18.0 Å². The number of nitrogen functional groups attached to an aromatic ring is 1. The molecule has 0 aliphatic carbocycles. The molecule has 2 N–H and O–H groups in total. The fraction of sp³-hybridized carbons (Fsp3) is 0.0833. The summed E-state index contributed by atoms with van der Waals surface area (Å²) in [5.74, 6) is -0.329. The van der Waals surface area contributed by atoms with Gasteiger partial charge in [-0.05, 0) is 17.7 Å². The largest absolute Gasteiger partial charge is 0.573 e. The second kappa shape index (κ2) is 4.97. The molecule has 0 bridgehead atoms. The normalized spacial score (nSPS) is 11.4. The van der Waals surface area contributed by atoms with Crippen LogP contribution in [0.2, 0.25) is 5.02 Å². The molecule has 2 rings (SSSR count). The third-order valence-corrected chi connectivity index (χ3v) is 2.62. The minimum absolute atomic E-state index is 0.236. The van der Waals surface area contributed by atoms with Crippen molar-refractivity contribution in [3.8, 4) is 16.9 Å². The number of pyridine rings is 1. The molecule has 7 heteroatoms. The Bertz CT molecular complexity index is 602. The third-order valence-electron chi connectivity index (χ3n) is 2.32. The van der Waals surface area contributed by atoms with Gasteiger partial charge in [-0.1, -0.05) is 23.7 Å². The molecule has 3 nitrogen and oxygen atoms in total. The van der Waals surface area contributed by atoms with E-state index in [0.29, 0.717) is 11.1 Å². The zero-order chi connectivity index (χ0) is 14.0. The van der Waals surface area contributed by atoms with Crippen molar-refractivity contribution in [1.82, 2.24) is 4.98 Å².